The molecule has 119 heavy (non-hydrogen) atoms. The van der Waals surface area contributed by atoms with E-state index in [2.05, 4.69) is 153 Å². The Kier molecular flexibility index (Phi) is 70.7. The number of rotatable bonds is 76. The first-order chi connectivity index (χ1) is 58.3. The van der Waals surface area contributed by atoms with Crippen molar-refractivity contribution in [2.75, 3.05) is 26.4 Å². The normalized spacial score (nSPS) is 24.9. The molecule has 0 aromatic carbocycles. The largest absolute Gasteiger partial charge is 0.394 e. The van der Waals surface area contributed by atoms with Crippen molar-refractivity contribution in [3.63, 3.8) is 0 Å². The lowest BCUT2D eigenvalue weighted by Gasteiger charge is -2.48. The van der Waals surface area contributed by atoms with E-state index in [0.29, 0.717) is 12.8 Å². The lowest BCUT2D eigenvalue weighted by molar-refractivity contribution is -0.379. The molecule has 0 aromatic rings. The molecule has 3 saturated heterocycles. The van der Waals surface area contributed by atoms with Gasteiger partial charge in [0.05, 0.1) is 38.6 Å². The van der Waals surface area contributed by atoms with Crippen LogP contribution in [0.3, 0.4) is 0 Å². The Morgan fingerprint density at radius 3 is 0.941 bits per heavy atom. The molecular formula is C100H171NO18. The Balaban J connectivity index is 1.33. The first kappa shape index (κ1) is 109. The van der Waals surface area contributed by atoms with E-state index >= 15 is 0 Å². The van der Waals surface area contributed by atoms with E-state index in [0.717, 1.165) is 116 Å². The molecule has 19 nitrogen and oxygen atoms in total. The van der Waals surface area contributed by atoms with Gasteiger partial charge in [0.15, 0.2) is 18.9 Å². The molecule has 0 aromatic heterocycles. The molecule has 1 amide bonds. The third kappa shape index (κ3) is 54.9. The maximum Gasteiger partial charge on any atom is 0.220 e. The van der Waals surface area contributed by atoms with Gasteiger partial charge >= 0.3 is 0 Å². The fourth-order valence-corrected chi connectivity index (χ4v) is 15.1. The van der Waals surface area contributed by atoms with Crippen LogP contribution >= 0.6 is 0 Å². The minimum Gasteiger partial charge on any atom is -0.394 e. The smallest absolute Gasteiger partial charge is 0.220 e. The summed E-state index contributed by atoms with van der Waals surface area (Å²) in [6.07, 6.45) is 87.2. The minimum absolute atomic E-state index is 0.223. The molecule has 3 fully saturated rings. The number of carbonyl (C=O) groups is 1. The zero-order chi connectivity index (χ0) is 85.9. The second kappa shape index (κ2) is 77.3. The zero-order valence-corrected chi connectivity index (χ0v) is 74.0. The van der Waals surface area contributed by atoms with Crippen LogP contribution in [0.15, 0.2) is 146 Å². The minimum atomic E-state index is -1.99. The predicted molar refractivity (Wildman–Crippen MR) is 484 cm³/mol. The molecule has 0 saturated carbocycles. The maximum atomic E-state index is 13.5. The second-order valence-electron chi connectivity index (χ2n) is 33.1. The molecule has 17 unspecified atom stereocenters. The molecule has 3 heterocycles. The van der Waals surface area contributed by atoms with Crippen molar-refractivity contribution in [1.29, 1.82) is 0 Å². The maximum absolute atomic E-state index is 13.5. The van der Waals surface area contributed by atoms with Crippen LogP contribution in [0.2, 0.25) is 0 Å². The quantitative estimate of drug-likeness (QED) is 0.0199. The van der Waals surface area contributed by atoms with Crippen LogP contribution in [0.1, 0.15) is 348 Å². The topological polar surface area (TPSA) is 307 Å². The van der Waals surface area contributed by atoms with Gasteiger partial charge in [0.25, 0.3) is 0 Å². The van der Waals surface area contributed by atoms with Crippen LogP contribution in [-0.2, 0) is 33.2 Å². The van der Waals surface area contributed by atoms with Gasteiger partial charge in [-0.3, -0.25) is 4.79 Å². The number of carbonyl (C=O) groups excluding carboxylic acids is 1. The molecule has 3 aliphatic heterocycles. The molecule has 684 valence electrons. The average molecular weight is 1680 g/mol. The van der Waals surface area contributed by atoms with Crippen LogP contribution in [0.4, 0.5) is 0 Å². The first-order valence-electron chi connectivity index (χ1n) is 47.6. The Bertz CT molecular complexity index is 2720. The number of hydrogen-bond acceptors (Lipinski definition) is 18. The van der Waals surface area contributed by atoms with E-state index in [4.69, 9.17) is 28.4 Å². The monoisotopic (exact) mass is 1670 g/mol. The predicted octanol–water partition coefficient (Wildman–Crippen LogP) is 19.3. The lowest BCUT2D eigenvalue weighted by Crippen LogP contribution is -2.66. The van der Waals surface area contributed by atoms with E-state index in [9.17, 15) is 61.0 Å². The molecule has 3 rings (SSSR count). The van der Waals surface area contributed by atoms with Crippen molar-refractivity contribution < 1.29 is 89.4 Å². The molecule has 17 atom stereocenters. The number of aliphatic hydroxyl groups is 11. The van der Waals surface area contributed by atoms with E-state index in [1.54, 1.807) is 6.08 Å². The van der Waals surface area contributed by atoms with Gasteiger partial charge in [-0.1, -0.05) is 372 Å². The van der Waals surface area contributed by atoms with Gasteiger partial charge in [0, 0.05) is 6.42 Å². The Labute approximate surface area is 721 Å². The summed E-state index contributed by atoms with van der Waals surface area (Å²) in [5, 5.41) is 121. The summed E-state index contributed by atoms with van der Waals surface area (Å²) in [4.78, 5) is 13.5. The summed E-state index contributed by atoms with van der Waals surface area (Å²) in [7, 11) is 0. The van der Waals surface area contributed by atoms with E-state index in [1.807, 2.05) is 6.08 Å². The molecule has 0 aliphatic carbocycles. The van der Waals surface area contributed by atoms with E-state index in [-0.39, 0.29) is 18.9 Å². The summed E-state index contributed by atoms with van der Waals surface area (Å²) in [5.41, 5.74) is 0. The molecule has 0 bridgehead atoms. The lowest BCUT2D eigenvalue weighted by atomic mass is 9.96. The van der Waals surface area contributed by atoms with Crippen molar-refractivity contribution in [2.24, 2.45) is 0 Å². The van der Waals surface area contributed by atoms with Gasteiger partial charge in [-0.05, 0) is 116 Å². The van der Waals surface area contributed by atoms with Gasteiger partial charge in [-0.2, -0.15) is 0 Å². The van der Waals surface area contributed by atoms with Gasteiger partial charge in [-0.15, -0.1) is 0 Å². The van der Waals surface area contributed by atoms with Crippen LogP contribution < -0.4 is 5.32 Å². The molecule has 19 heteroatoms. The summed E-state index contributed by atoms with van der Waals surface area (Å²) < 4.78 is 34.5. The van der Waals surface area contributed by atoms with Gasteiger partial charge in [0.2, 0.25) is 5.91 Å². The Morgan fingerprint density at radius 1 is 0.311 bits per heavy atom. The Morgan fingerprint density at radius 2 is 0.588 bits per heavy atom. The van der Waals surface area contributed by atoms with Crippen LogP contribution in [-0.4, -0.2) is 193 Å². The van der Waals surface area contributed by atoms with Gasteiger partial charge < -0.3 is 89.9 Å². The van der Waals surface area contributed by atoms with Crippen LogP contribution in [0.25, 0.3) is 0 Å². The fraction of sp³-hybridized carbons (Fsp3) is 0.750. The number of aliphatic hydroxyl groups excluding tert-OH is 11. The van der Waals surface area contributed by atoms with E-state index < -0.39 is 124 Å². The number of unbranched alkanes of at least 4 members (excludes halogenated alkanes) is 38. The number of allylic oxidation sites excluding steroid dienone is 23. The number of hydrogen-bond donors (Lipinski definition) is 12. The molecule has 0 spiro atoms. The standard InChI is InChI=1S/C100H171NO18/c1-3-5-7-9-11-13-15-17-19-21-23-25-27-29-31-33-35-37-38-39-40-41-42-43-44-46-48-50-52-54-56-58-60-62-64-66-68-70-72-74-76-78-88(106)101-83(84(105)77-75-73-71-69-67-65-63-61-59-57-55-53-51-49-47-45-36-34-32-30-28-26-24-22-20-18-16-14-12-10-8-6-4-2)82-114-98-94(112)91(109)96(86(80-103)116-98)119-100-95(113)92(110)97(87(81-104)117-100)118-99-93(111)90(108)89(107)85(79-102)115-99/h5,7,11,13,17,19,23,25,29,31,35,37,39-40,42-43,46,48,59,61,67,69,75,77,83-87,89-100,102-105,107-113H,3-4,6,8-10,12,14-16,18,20-22,24,26-28,30,32-34,36,38,41,44-45,47,49-58,60,62-66,68,70-74,76,78-82H2,1-2H3,(H,101,106)/b7-5-,13-11-,19-17-,25-23-,31-29-,37-35-,40-39-,43-42-,48-46-,61-59+,69-67+,77-75+. The zero-order valence-electron chi connectivity index (χ0n) is 74.0. The van der Waals surface area contributed by atoms with Crippen molar-refractivity contribution >= 4 is 5.91 Å². The van der Waals surface area contributed by atoms with Gasteiger partial charge in [-0.25, -0.2) is 0 Å². The SMILES string of the molecule is CC/C=C\C/C=C\C/C=C\C/C=C\C/C=C\C/C=C\C/C=C\C/C=C\C/C=C\CCCCCCCCCCCCCCCC(=O)NC(COC1OC(CO)C(OC2OC(CO)C(OC3OC(CO)C(O)C(O)C3O)C(O)C2O)C(O)C1O)C(O)/C=C/CC/C=C/CC/C=C/CCCCCCCCCCCCCCCCCCCCCCCCC. The van der Waals surface area contributed by atoms with E-state index in [1.165, 1.54) is 199 Å². The first-order valence-corrected chi connectivity index (χ1v) is 47.6. The number of nitrogens with one attached hydrogen (secondary N) is 1. The molecular weight excluding hydrogens is 1500 g/mol. The third-order valence-electron chi connectivity index (χ3n) is 22.6. The van der Waals surface area contributed by atoms with Crippen molar-refractivity contribution in [3.8, 4) is 0 Å². The Hall–Kier alpha value is -4.33. The summed E-state index contributed by atoms with van der Waals surface area (Å²) >= 11 is 0. The highest BCUT2D eigenvalue weighted by atomic mass is 16.8. The van der Waals surface area contributed by atoms with Crippen LogP contribution in [0.5, 0.6) is 0 Å². The average Bonchev–Trinajstić information content (AvgIpc) is 0.778. The molecule has 3 aliphatic rings. The highest BCUT2D eigenvalue weighted by molar-refractivity contribution is 5.76. The molecule has 12 N–H and O–H groups in total. The fourth-order valence-electron chi connectivity index (χ4n) is 15.1. The summed E-state index contributed by atoms with van der Waals surface area (Å²) in [5.74, 6) is -0.293. The van der Waals surface area contributed by atoms with Crippen molar-refractivity contribution in [3.05, 3.63) is 146 Å². The summed E-state index contributed by atoms with van der Waals surface area (Å²) in [6.45, 7) is 1.63. The van der Waals surface area contributed by atoms with Crippen LogP contribution in [0, 0.1) is 0 Å². The van der Waals surface area contributed by atoms with Crippen molar-refractivity contribution in [1.82, 2.24) is 5.32 Å². The highest BCUT2D eigenvalue weighted by Gasteiger charge is 2.54. The van der Waals surface area contributed by atoms with Crippen molar-refractivity contribution in [2.45, 2.75) is 452 Å². The number of ether oxygens (including phenoxy) is 6. The highest BCUT2D eigenvalue weighted by Crippen LogP contribution is 2.34. The number of amides is 1. The third-order valence-corrected chi connectivity index (χ3v) is 22.6. The summed E-state index contributed by atoms with van der Waals surface area (Å²) in [6, 6.07) is -1.01. The molecule has 0 radical (unpaired) electrons. The second-order valence-corrected chi connectivity index (χ2v) is 33.1. The van der Waals surface area contributed by atoms with Gasteiger partial charge in [0.1, 0.15) is 73.2 Å².